The van der Waals surface area contributed by atoms with Gasteiger partial charge in [-0.3, -0.25) is 0 Å². The normalized spacial score (nSPS) is 26.0. The Labute approximate surface area is 133 Å². The molecule has 2 aliphatic rings. The number of benzene rings is 1. The first-order chi connectivity index (χ1) is 10.9. The predicted octanol–water partition coefficient (Wildman–Crippen LogP) is 2.73. The van der Waals surface area contributed by atoms with Crippen LogP contribution in [0.3, 0.4) is 0 Å². The molecular weight excluding hydrogens is 276 g/mol. The molecule has 1 aliphatic carbocycles. The average Bonchev–Trinajstić information content (AvgIpc) is 2.61. The summed E-state index contributed by atoms with van der Waals surface area (Å²) in [5.41, 5.74) is 2.49. The zero-order chi connectivity index (χ0) is 15.2. The number of aliphatic hydroxyl groups excluding tert-OH is 1. The molecule has 1 aliphatic heterocycles. The van der Waals surface area contributed by atoms with E-state index < -0.39 is 0 Å². The number of ether oxygens (including phenoxy) is 1. The van der Waals surface area contributed by atoms with Gasteiger partial charge in [-0.1, -0.05) is 25.0 Å². The molecule has 4 nitrogen and oxygen atoms in total. The Morgan fingerprint density at radius 1 is 1.09 bits per heavy atom. The van der Waals surface area contributed by atoms with Gasteiger partial charge in [-0.15, -0.1) is 0 Å². The van der Waals surface area contributed by atoms with Gasteiger partial charge in [-0.2, -0.15) is 0 Å². The van der Waals surface area contributed by atoms with Crippen LogP contribution >= 0.6 is 0 Å². The quantitative estimate of drug-likeness (QED) is 0.878. The minimum Gasteiger partial charge on any atom is -0.396 e. The number of rotatable bonds is 5. The fourth-order valence-corrected chi connectivity index (χ4v) is 3.74. The van der Waals surface area contributed by atoms with Gasteiger partial charge in [0.25, 0.3) is 0 Å². The molecule has 0 radical (unpaired) electrons. The summed E-state index contributed by atoms with van der Waals surface area (Å²) >= 11 is 0. The Bertz CT molecular complexity index is 460. The molecule has 0 aromatic heterocycles. The Morgan fingerprint density at radius 3 is 2.59 bits per heavy atom. The highest BCUT2D eigenvalue weighted by Crippen LogP contribution is 2.32. The van der Waals surface area contributed by atoms with Crippen molar-refractivity contribution in [2.24, 2.45) is 11.8 Å². The lowest BCUT2D eigenvalue weighted by molar-refractivity contribution is 0.122. The zero-order valence-electron chi connectivity index (χ0n) is 13.3. The lowest BCUT2D eigenvalue weighted by Crippen LogP contribution is -2.37. The van der Waals surface area contributed by atoms with Crippen molar-refractivity contribution < 1.29 is 9.84 Å². The Kier molecular flexibility index (Phi) is 5.57. The molecule has 1 aromatic rings. The number of nitrogens with zero attached hydrogens (tertiary/aromatic N) is 1. The van der Waals surface area contributed by atoms with E-state index in [-0.39, 0.29) is 0 Å². The monoisotopic (exact) mass is 304 g/mol. The molecule has 3 rings (SSSR count). The Morgan fingerprint density at radius 2 is 1.82 bits per heavy atom. The van der Waals surface area contributed by atoms with Gasteiger partial charge < -0.3 is 20.1 Å². The standard InChI is InChI=1S/C18H28N2O2/c21-14-16-6-2-1-5-15(16)13-19-17-7-3-4-8-18(17)20-9-11-22-12-10-20/h3-4,7-8,15-16,19,21H,1-2,5-6,9-14H2. The van der Waals surface area contributed by atoms with Crippen LogP contribution in [0.1, 0.15) is 25.7 Å². The van der Waals surface area contributed by atoms with E-state index in [1.54, 1.807) is 0 Å². The summed E-state index contributed by atoms with van der Waals surface area (Å²) in [5, 5.41) is 13.2. The van der Waals surface area contributed by atoms with Crippen molar-refractivity contribution in [3.8, 4) is 0 Å². The van der Waals surface area contributed by atoms with Crippen LogP contribution in [0, 0.1) is 11.8 Å². The van der Waals surface area contributed by atoms with Crippen molar-refractivity contribution in [2.75, 3.05) is 49.7 Å². The molecule has 22 heavy (non-hydrogen) atoms. The van der Waals surface area contributed by atoms with E-state index in [0.29, 0.717) is 18.4 Å². The first-order valence-electron chi connectivity index (χ1n) is 8.65. The van der Waals surface area contributed by atoms with Crippen LogP contribution in [-0.2, 0) is 4.74 Å². The minimum atomic E-state index is 0.331. The summed E-state index contributed by atoms with van der Waals surface area (Å²) in [5.74, 6) is 1.06. The Hall–Kier alpha value is -1.26. The van der Waals surface area contributed by atoms with Crippen LogP contribution in [0.15, 0.2) is 24.3 Å². The third-order valence-electron chi connectivity index (χ3n) is 5.11. The van der Waals surface area contributed by atoms with Crippen molar-refractivity contribution in [3.63, 3.8) is 0 Å². The Balaban J connectivity index is 1.64. The van der Waals surface area contributed by atoms with Gasteiger partial charge in [-0.05, 0) is 36.8 Å². The molecule has 1 saturated carbocycles. The first kappa shape index (κ1) is 15.6. The molecule has 1 heterocycles. The largest absolute Gasteiger partial charge is 0.396 e. The maximum Gasteiger partial charge on any atom is 0.0642 e. The van der Waals surface area contributed by atoms with Gasteiger partial charge in [0.2, 0.25) is 0 Å². The van der Waals surface area contributed by atoms with E-state index in [4.69, 9.17) is 4.74 Å². The maximum absolute atomic E-state index is 9.57. The van der Waals surface area contributed by atoms with Crippen molar-refractivity contribution in [3.05, 3.63) is 24.3 Å². The van der Waals surface area contributed by atoms with Crippen LogP contribution in [0.4, 0.5) is 11.4 Å². The molecular formula is C18H28N2O2. The van der Waals surface area contributed by atoms with Gasteiger partial charge in [-0.25, -0.2) is 0 Å². The molecule has 2 atom stereocenters. The molecule has 2 N–H and O–H groups in total. The predicted molar refractivity (Wildman–Crippen MR) is 90.5 cm³/mol. The summed E-state index contributed by atoms with van der Waals surface area (Å²) in [4.78, 5) is 2.40. The summed E-state index contributed by atoms with van der Waals surface area (Å²) in [6, 6.07) is 8.56. The van der Waals surface area contributed by atoms with E-state index in [1.807, 2.05) is 0 Å². The van der Waals surface area contributed by atoms with Crippen molar-refractivity contribution in [1.82, 2.24) is 0 Å². The number of nitrogens with one attached hydrogen (secondary N) is 1. The lowest BCUT2D eigenvalue weighted by Gasteiger charge is -2.33. The number of aliphatic hydroxyl groups is 1. The summed E-state index contributed by atoms with van der Waals surface area (Å²) in [7, 11) is 0. The van der Waals surface area contributed by atoms with Gasteiger partial charge >= 0.3 is 0 Å². The van der Waals surface area contributed by atoms with Crippen LogP contribution in [0.5, 0.6) is 0 Å². The summed E-state index contributed by atoms with van der Waals surface area (Å²) in [6.45, 7) is 4.83. The SMILES string of the molecule is OCC1CCCCC1CNc1ccccc1N1CCOCC1. The van der Waals surface area contributed by atoms with Crippen LogP contribution in [0.25, 0.3) is 0 Å². The van der Waals surface area contributed by atoms with E-state index >= 15 is 0 Å². The summed E-state index contributed by atoms with van der Waals surface area (Å²) < 4.78 is 5.45. The third kappa shape index (κ3) is 3.73. The number of morpholine rings is 1. The number of hydrogen-bond donors (Lipinski definition) is 2. The molecule has 4 heteroatoms. The van der Waals surface area contributed by atoms with Crippen molar-refractivity contribution in [1.29, 1.82) is 0 Å². The third-order valence-corrected chi connectivity index (χ3v) is 5.11. The molecule has 1 saturated heterocycles. The molecule has 2 fully saturated rings. The number of para-hydroxylation sites is 2. The topological polar surface area (TPSA) is 44.7 Å². The molecule has 122 valence electrons. The molecule has 1 aromatic carbocycles. The van der Waals surface area contributed by atoms with Crippen molar-refractivity contribution in [2.45, 2.75) is 25.7 Å². The van der Waals surface area contributed by atoms with E-state index in [0.717, 1.165) is 32.8 Å². The second kappa shape index (κ2) is 7.84. The lowest BCUT2D eigenvalue weighted by atomic mass is 9.79. The highest BCUT2D eigenvalue weighted by molar-refractivity contribution is 5.70. The van der Waals surface area contributed by atoms with Crippen LogP contribution < -0.4 is 10.2 Å². The fourth-order valence-electron chi connectivity index (χ4n) is 3.74. The summed E-state index contributed by atoms with van der Waals surface area (Å²) in [6.07, 6.45) is 4.98. The second-order valence-corrected chi connectivity index (χ2v) is 6.48. The fraction of sp³-hybridized carbons (Fsp3) is 0.667. The number of anilines is 2. The molecule has 0 spiro atoms. The highest BCUT2D eigenvalue weighted by Gasteiger charge is 2.24. The van der Waals surface area contributed by atoms with Crippen molar-refractivity contribution >= 4 is 11.4 Å². The first-order valence-corrected chi connectivity index (χ1v) is 8.65. The maximum atomic E-state index is 9.57. The highest BCUT2D eigenvalue weighted by atomic mass is 16.5. The van der Waals surface area contributed by atoms with Crippen LogP contribution in [-0.4, -0.2) is 44.6 Å². The van der Waals surface area contributed by atoms with Crippen LogP contribution in [0.2, 0.25) is 0 Å². The van der Waals surface area contributed by atoms with Gasteiger partial charge in [0.15, 0.2) is 0 Å². The van der Waals surface area contributed by atoms with Gasteiger partial charge in [0, 0.05) is 26.2 Å². The van der Waals surface area contributed by atoms with E-state index in [9.17, 15) is 5.11 Å². The number of hydrogen-bond acceptors (Lipinski definition) is 4. The van der Waals surface area contributed by atoms with E-state index in [1.165, 1.54) is 37.1 Å². The smallest absolute Gasteiger partial charge is 0.0642 e. The van der Waals surface area contributed by atoms with Gasteiger partial charge in [0.05, 0.1) is 24.6 Å². The minimum absolute atomic E-state index is 0.331. The van der Waals surface area contributed by atoms with E-state index in [2.05, 4.69) is 34.5 Å². The average molecular weight is 304 g/mol. The zero-order valence-corrected chi connectivity index (χ0v) is 13.3. The second-order valence-electron chi connectivity index (χ2n) is 6.48. The molecule has 0 bridgehead atoms. The molecule has 2 unspecified atom stereocenters. The molecule has 0 amide bonds. The van der Waals surface area contributed by atoms with Gasteiger partial charge in [0.1, 0.15) is 0 Å².